The Morgan fingerprint density at radius 1 is 1.00 bits per heavy atom. The molecular formula is C22H24N2O4S. The standard InChI is InChI=1S/C22H24N2O4S/c1-3-4-13-23-22(25)20-7-5-6-8-21(20)24-29(26,27)19-12-10-16-14-18(28-2)11-9-17(16)15-19/h5-12,14-15,24H,3-4,13H2,1-2H3,(H,23,25). The Labute approximate surface area is 170 Å². The van der Waals surface area contributed by atoms with Crippen LogP contribution in [0.15, 0.2) is 65.6 Å². The molecule has 1 amide bonds. The molecular weight excluding hydrogens is 388 g/mol. The van der Waals surface area contributed by atoms with Crippen molar-refractivity contribution in [2.24, 2.45) is 0 Å². The Morgan fingerprint density at radius 2 is 1.72 bits per heavy atom. The second-order valence-electron chi connectivity index (χ2n) is 6.64. The molecule has 0 saturated carbocycles. The Kier molecular flexibility index (Phi) is 6.39. The smallest absolute Gasteiger partial charge is 0.261 e. The van der Waals surface area contributed by atoms with Crippen molar-refractivity contribution in [3.05, 3.63) is 66.2 Å². The number of anilines is 1. The maximum atomic E-state index is 12.9. The molecule has 0 radical (unpaired) electrons. The molecule has 3 aromatic carbocycles. The number of rotatable bonds is 8. The summed E-state index contributed by atoms with van der Waals surface area (Å²) in [7, 11) is -2.28. The van der Waals surface area contributed by atoms with Crippen LogP contribution in [0, 0.1) is 0 Å². The molecule has 0 spiro atoms. The molecule has 7 heteroatoms. The minimum Gasteiger partial charge on any atom is -0.497 e. The summed E-state index contributed by atoms with van der Waals surface area (Å²) >= 11 is 0. The van der Waals surface area contributed by atoms with Gasteiger partial charge in [-0.15, -0.1) is 0 Å². The minimum atomic E-state index is -3.86. The lowest BCUT2D eigenvalue weighted by Crippen LogP contribution is -2.26. The Morgan fingerprint density at radius 3 is 2.48 bits per heavy atom. The molecule has 0 heterocycles. The van der Waals surface area contributed by atoms with E-state index in [1.165, 1.54) is 6.07 Å². The quantitative estimate of drug-likeness (QED) is 0.544. The lowest BCUT2D eigenvalue weighted by atomic mass is 10.1. The molecule has 0 atom stereocenters. The fourth-order valence-corrected chi connectivity index (χ4v) is 4.06. The molecule has 0 aliphatic rings. The normalized spacial score (nSPS) is 11.2. The first-order valence-electron chi connectivity index (χ1n) is 9.42. The summed E-state index contributed by atoms with van der Waals surface area (Å²) in [5, 5.41) is 4.47. The van der Waals surface area contributed by atoms with E-state index in [0.717, 1.165) is 23.6 Å². The number of hydrogen-bond acceptors (Lipinski definition) is 4. The molecule has 2 N–H and O–H groups in total. The average Bonchev–Trinajstić information content (AvgIpc) is 2.73. The highest BCUT2D eigenvalue weighted by Crippen LogP contribution is 2.25. The van der Waals surface area contributed by atoms with Crippen molar-refractivity contribution in [3.8, 4) is 5.75 Å². The molecule has 0 saturated heterocycles. The van der Waals surface area contributed by atoms with Gasteiger partial charge in [-0.25, -0.2) is 8.42 Å². The van der Waals surface area contributed by atoms with Gasteiger partial charge in [-0.3, -0.25) is 9.52 Å². The van der Waals surface area contributed by atoms with Gasteiger partial charge in [0.25, 0.3) is 15.9 Å². The van der Waals surface area contributed by atoms with Crippen molar-refractivity contribution in [2.75, 3.05) is 18.4 Å². The molecule has 152 valence electrons. The van der Waals surface area contributed by atoms with Crippen molar-refractivity contribution < 1.29 is 17.9 Å². The maximum absolute atomic E-state index is 12.9. The zero-order valence-electron chi connectivity index (χ0n) is 16.4. The van der Waals surface area contributed by atoms with Crippen molar-refractivity contribution in [3.63, 3.8) is 0 Å². The first-order valence-corrected chi connectivity index (χ1v) is 10.9. The summed E-state index contributed by atoms with van der Waals surface area (Å²) in [5.74, 6) is 0.400. The van der Waals surface area contributed by atoms with Gasteiger partial charge < -0.3 is 10.1 Å². The number of carbonyl (C=O) groups is 1. The molecule has 0 aromatic heterocycles. The number of fused-ring (bicyclic) bond motifs is 1. The van der Waals surface area contributed by atoms with E-state index in [1.54, 1.807) is 49.6 Å². The number of methoxy groups -OCH3 is 1. The summed E-state index contributed by atoms with van der Waals surface area (Å²) in [6.07, 6.45) is 1.82. The second-order valence-corrected chi connectivity index (χ2v) is 8.32. The fourth-order valence-electron chi connectivity index (χ4n) is 2.94. The van der Waals surface area contributed by atoms with E-state index in [4.69, 9.17) is 4.74 Å². The number of para-hydroxylation sites is 1. The van der Waals surface area contributed by atoms with Crippen LogP contribution in [0.25, 0.3) is 10.8 Å². The van der Waals surface area contributed by atoms with Crippen LogP contribution in [0.1, 0.15) is 30.1 Å². The van der Waals surface area contributed by atoms with Crippen molar-refractivity contribution in [1.82, 2.24) is 5.32 Å². The van der Waals surface area contributed by atoms with Gasteiger partial charge in [0.15, 0.2) is 0 Å². The van der Waals surface area contributed by atoms with Gasteiger partial charge in [0, 0.05) is 6.54 Å². The van der Waals surface area contributed by atoms with Gasteiger partial charge in [0.1, 0.15) is 5.75 Å². The molecule has 3 rings (SSSR count). The van der Waals surface area contributed by atoms with Crippen LogP contribution in [0.4, 0.5) is 5.69 Å². The molecule has 0 bridgehead atoms. The van der Waals surface area contributed by atoms with Crippen LogP contribution in [0.3, 0.4) is 0 Å². The van der Waals surface area contributed by atoms with E-state index in [1.807, 2.05) is 19.1 Å². The van der Waals surface area contributed by atoms with Crippen molar-refractivity contribution >= 4 is 32.4 Å². The highest BCUT2D eigenvalue weighted by Gasteiger charge is 2.19. The fraction of sp³-hybridized carbons (Fsp3) is 0.227. The number of carbonyl (C=O) groups excluding carboxylic acids is 1. The predicted octanol–water partition coefficient (Wildman–Crippen LogP) is 4.18. The Bertz CT molecular complexity index is 1130. The first kappa shape index (κ1) is 20.7. The van der Waals surface area contributed by atoms with E-state index in [2.05, 4.69) is 10.0 Å². The molecule has 0 unspecified atom stereocenters. The topological polar surface area (TPSA) is 84.5 Å². The largest absolute Gasteiger partial charge is 0.497 e. The highest BCUT2D eigenvalue weighted by atomic mass is 32.2. The molecule has 3 aromatic rings. The summed E-state index contributed by atoms with van der Waals surface area (Å²) in [6, 6.07) is 16.9. The van der Waals surface area contributed by atoms with Crippen molar-refractivity contribution in [1.29, 1.82) is 0 Å². The van der Waals surface area contributed by atoms with E-state index in [0.29, 0.717) is 12.3 Å². The Hall–Kier alpha value is -3.06. The van der Waals surface area contributed by atoms with E-state index >= 15 is 0 Å². The molecule has 29 heavy (non-hydrogen) atoms. The van der Waals surface area contributed by atoms with Gasteiger partial charge in [0.2, 0.25) is 0 Å². The summed E-state index contributed by atoms with van der Waals surface area (Å²) in [4.78, 5) is 12.6. The van der Waals surface area contributed by atoms with Crippen LogP contribution in [-0.4, -0.2) is 28.0 Å². The van der Waals surface area contributed by atoms with Crippen LogP contribution in [-0.2, 0) is 10.0 Å². The number of nitrogens with one attached hydrogen (secondary N) is 2. The number of amides is 1. The summed E-state index contributed by atoms with van der Waals surface area (Å²) in [6.45, 7) is 2.58. The van der Waals surface area contributed by atoms with E-state index in [-0.39, 0.29) is 22.1 Å². The predicted molar refractivity (Wildman–Crippen MR) is 115 cm³/mol. The van der Waals surface area contributed by atoms with Crippen LogP contribution >= 0.6 is 0 Å². The number of hydrogen-bond donors (Lipinski definition) is 2. The second kappa shape index (κ2) is 8.96. The summed E-state index contributed by atoms with van der Waals surface area (Å²) in [5.41, 5.74) is 0.536. The zero-order chi connectivity index (χ0) is 20.9. The van der Waals surface area contributed by atoms with Gasteiger partial charge >= 0.3 is 0 Å². The lowest BCUT2D eigenvalue weighted by Gasteiger charge is -2.13. The molecule has 0 aliphatic heterocycles. The average molecular weight is 413 g/mol. The third-order valence-electron chi connectivity index (χ3n) is 4.56. The summed E-state index contributed by atoms with van der Waals surface area (Å²) < 4.78 is 33.6. The monoisotopic (exact) mass is 412 g/mol. The van der Waals surface area contributed by atoms with Gasteiger partial charge in [-0.2, -0.15) is 0 Å². The highest BCUT2D eigenvalue weighted by molar-refractivity contribution is 7.92. The molecule has 0 fully saturated rings. The van der Waals surface area contributed by atoms with Crippen LogP contribution < -0.4 is 14.8 Å². The SMILES string of the molecule is CCCCNC(=O)c1ccccc1NS(=O)(=O)c1ccc2cc(OC)ccc2c1. The molecule has 0 aliphatic carbocycles. The minimum absolute atomic E-state index is 0.122. The number of unbranched alkanes of at least 4 members (excludes halogenated alkanes) is 1. The zero-order valence-corrected chi connectivity index (χ0v) is 17.3. The van der Waals surface area contributed by atoms with Gasteiger partial charge in [-0.05, 0) is 53.6 Å². The van der Waals surface area contributed by atoms with E-state index in [9.17, 15) is 13.2 Å². The van der Waals surface area contributed by atoms with Crippen molar-refractivity contribution in [2.45, 2.75) is 24.7 Å². The number of sulfonamides is 1. The third kappa shape index (κ3) is 4.86. The number of ether oxygens (including phenoxy) is 1. The maximum Gasteiger partial charge on any atom is 0.261 e. The van der Waals surface area contributed by atoms with Gasteiger partial charge in [-0.1, -0.05) is 37.6 Å². The Balaban J connectivity index is 1.88. The van der Waals surface area contributed by atoms with Crippen LogP contribution in [0.2, 0.25) is 0 Å². The van der Waals surface area contributed by atoms with Crippen LogP contribution in [0.5, 0.6) is 5.75 Å². The lowest BCUT2D eigenvalue weighted by molar-refractivity contribution is 0.0954. The first-order chi connectivity index (χ1) is 13.9. The van der Waals surface area contributed by atoms with E-state index < -0.39 is 10.0 Å². The van der Waals surface area contributed by atoms with Gasteiger partial charge in [0.05, 0.1) is 23.3 Å². The molecule has 6 nitrogen and oxygen atoms in total. The third-order valence-corrected chi connectivity index (χ3v) is 5.92. The number of benzene rings is 3.